The van der Waals surface area contributed by atoms with Crippen LogP contribution in [0.4, 0.5) is 0 Å². The van der Waals surface area contributed by atoms with Gasteiger partial charge in [-0.15, -0.1) is 0 Å². The maximum absolute atomic E-state index is 12.6. The summed E-state index contributed by atoms with van der Waals surface area (Å²) < 4.78 is 10.5. The molecule has 0 saturated heterocycles. The van der Waals surface area contributed by atoms with Gasteiger partial charge in [0, 0.05) is 5.56 Å². The summed E-state index contributed by atoms with van der Waals surface area (Å²) in [7, 11) is 0. The van der Waals surface area contributed by atoms with Crippen LogP contribution in [-0.4, -0.2) is 22.7 Å². The third-order valence-electron chi connectivity index (χ3n) is 3.76. The van der Waals surface area contributed by atoms with Gasteiger partial charge < -0.3 is 19.4 Å². The fourth-order valence-corrected chi connectivity index (χ4v) is 2.71. The molecule has 25 heavy (non-hydrogen) atoms. The Morgan fingerprint density at radius 1 is 1.28 bits per heavy atom. The average molecular weight is 361 g/mol. The number of nitrogens with one attached hydrogen (secondary N) is 1. The van der Waals surface area contributed by atoms with E-state index < -0.39 is 12.0 Å². The predicted molar refractivity (Wildman–Crippen MR) is 92.4 cm³/mol. The highest BCUT2D eigenvalue weighted by molar-refractivity contribution is 6.33. The van der Waals surface area contributed by atoms with Crippen LogP contribution in [-0.2, 0) is 0 Å². The van der Waals surface area contributed by atoms with Gasteiger partial charge in [-0.1, -0.05) is 35.0 Å². The lowest BCUT2D eigenvalue weighted by atomic mass is 10.1. The Bertz CT molecular complexity index is 900. The summed E-state index contributed by atoms with van der Waals surface area (Å²) in [5, 5.41) is 17.2. The van der Waals surface area contributed by atoms with E-state index in [1.807, 2.05) is 0 Å². The Morgan fingerprint density at radius 3 is 2.72 bits per heavy atom. The first-order chi connectivity index (χ1) is 12.0. The number of benzene rings is 1. The molecule has 2 heterocycles. The molecule has 6 nitrogen and oxygen atoms in total. The fourth-order valence-electron chi connectivity index (χ4n) is 2.49. The molecular formula is C18H17ClN2O4. The van der Waals surface area contributed by atoms with Gasteiger partial charge in [0.1, 0.15) is 34.6 Å². The van der Waals surface area contributed by atoms with Crippen LogP contribution >= 0.6 is 11.6 Å². The quantitative estimate of drug-likeness (QED) is 0.724. The molecule has 3 rings (SSSR count). The topological polar surface area (TPSA) is 88.5 Å². The molecule has 7 heteroatoms. The Kier molecular flexibility index (Phi) is 4.92. The van der Waals surface area contributed by atoms with Gasteiger partial charge in [0.05, 0.1) is 11.6 Å². The molecule has 1 aromatic carbocycles. The van der Waals surface area contributed by atoms with Gasteiger partial charge in [0.25, 0.3) is 5.91 Å². The van der Waals surface area contributed by atoms with Gasteiger partial charge in [-0.25, -0.2) is 0 Å². The maximum Gasteiger partial charge on any atom is 0.257 e. The highest BCUT2D eigenvalue weighted by Gasteiger charge is 2.23. The summed E-state index contributed by atoms with van der Waals surface area (Å²) in [6.07, 6.45) is -0.943. The minimum atomic E-state index is -0.943. The summed E-state index contributed by atoms with van der Waals surface area (Å²) >= 11 is 6.19. The summed E-state index contributed by atoms with van der Waals surface area (Å²) in [6.45, 7) is 3.43. The van der Waals surface area contributed by atoms with Crippen molar-refractivity contribution < 1.29 is 18.8 Å². The number of furan rings is 1. The van der Waals surface area contributed by atoms with Crippen molar-refractivity contribution in [1.29, 1.82) is 0 Å². The third kappa shape index (κ3) is 3.60. The number of aliphatic hydroxyl groups excluding tert-OH is 1. The van der Waals surface area contributed by atoms with Crippen molar-refractivity contribution in [2.24, 2.45) is 0 Å². The van der Waals surface area contributed by atoms with Crippen LogP contribution in [0.2, 0.25) is 5.02 Å². The van der Waals surface area contributed by atoms with Gasteiger partial charge >= 0.3 is 0 Å². The molecule has 3 aromatic rings. The smallest absolute Gasteiger partial charge is 0.257 e. The summed E-state index contributed by atoms with van der Waals surface area (Å²) in [5.74, 6) is 1.05. The molecule has 0 aliphatic carbocycles. The number of rotatable bonds is 5. The molecule has 1 amide bonds. The molecule has 0 bridgehead atoms. The average Bonchev–Trinajstić information content (AvgIpc) is 3.19. The number of halogens is 1. The molecule has 130 valence electrons. The monoisotopic (exact) mass is 360 g/mol. The largest absolute Gasteiger partial charge is 0.464 e. The number of nitrogens with zero attached hydrogens (tertiary/aromatic N) is 1. The van der Waals surface area contributed by atoms with Gasteiger partial charge in [-0.3, -0.25) is 4.79 Å². The second-order valence-electron chi connectivity index (χ2n) is 5.62. The molecule has 2 N–H and O–H groups in total. The minimum Gasteiger partial charge on any atom is -0.464 e. The van der Waals surface area contributed by atoms with E-state index in [2.05, 4.69) is 10.5 Å². The molecular weight excluding hydrogens is 344 g/mol. The number of hydrogen-bond donors (Lipinski definition) is 2. The number of hydrogen-bond acceptors (Lipinski definition) is 5. The van der Waals surface area contributed by atoms with E-state index in [1.165, 1.54) is 0 Å². The molecule has 0 fully saturated rings. The molecule has 0 radical (unpaired) electrons. The second-order valence-corrected chi connectivity index (χ2v) is 6.02. The van der Waals surface area contributed by atoms with Crippen molar-refractivity contribution in [3.63, 3.8) is 0 Å². The van der Waals surface area contributed by atoms with E-state index in [-0.39, 0.29) is 12.1 Å². The second kappa shape index (κ2) is 7.13. The highest BCUT2D eigenvalue weighted by Crippen LogP contribution is 2.31. The highest BCUT2D eigenvalue weighted by atomic mass is 35.5. The van der Waals surface area contributed by atoms with E-state index in [9.17, 15) is 9.90 Å². The lowest BCUT2D eigenvalue weighted by Crippen LogP contribution is -2.28. The first kappa shape index (κ1) is 17.3. The van der Waals surface area contributed by atoms with Crippen LogP contribution in [0.3, 0.4) is 0 Å². The SMILES string of the molecule is Cc1ccc(C(O)CNC(=O)c2c(-c3ccccc3Cl)noc2C)o1. The van der Waals surface area contributed by atoms with E-state index in [0.29, 0.717) is 33.6 Å². The molecule has 0 spiro atoms. The minimum absolute atomic E-state index is 0.00162. The van der Waals surface area contributed by atoms with E-state index >= 15 is 0 Å². The van der Waals surface area contributed by atoms with Crippen molar-refractivity contribution >= 4 is 17.5 Å². The first-order valence-corrected chi connectivity index (χ1v) is 8.09. The van der Waals surface area contributed by atoms with Crippen LogP contribution in [0, 0.1) is 13.8 Å². The number of amides is 1. The fraction of sp³-hybridized carbons (Fsp3) is 0.222. The Hall–Kier alpha value is -2.57. The summed E-state index contributed by atoms with van der Waals surface area (Å²) in [5.41, 5.74) is 1.26. The van der Waals surface area contributed by atoms with Crippen molar-refractivity contribution in [2.45, 2.75) is 20.0 Å². The molecule has 1 atom stereocenters. The zero-order valence-electron chi connectivity index (χ0n) is 13.7. The van der Waals surface area contributed by atoms with Gasteiger partial charge in [-0.05, 0) is 32.0 Å². The lowest BCUT2D eigenvalue weighted by molar-refractivity contribution is 0.0899. The zero-order chi connectivity index (χ0) is 18.0. The Balaban J connectivity index is 1.79. The van der Waals surface area contributed by atoms with E-state index in [1.54, 1.807) is 50.2 Å². The molecule has 2 aromatic heterocycles. The third-order valence-corrected chi connectivity index (χ3v) is 4.09. The number of carbonyl (C=O) groups excluding carboxylic acids is 1. The lowest BCUT2D eigenvalue weighted by Gasteiger charge is -2.10. The van der Waals surface area contributed by atoms with Crippen LogP contribution in [0.1, 0.15) is 33.7 Å². The number of aliphatic hydroxyl groups is 1. The van der Waals surface area contributed by atoms with E-state index in [4.69, 9.17) is 20.5 Å². The number of aromatic nitrogens is 1. The van der Waals surface area contributed by atoms with Gasteiger partial charge in [0.15, 0.2) is 0 Å². The van der Waals surface area contributed by atoms with E-state index in [0.717, 1.165) is 0 Å². The van der Waals surface area contributed by atoms with Crippen molar-refractivity contribution in [2.75, 3.05) is 6.54 Å². The Morgan fingerprint density at radius 2 is 2.04 bits per heavy atom. The number of aryl methyl sites for hydroxylation is 2. The normalized spacial score (nSPS) is 12.2. The molecule has 0 aliphatic heterocycles. The van der Waals surface area contributed by atoms with Crippen LogP contribution in [0.15, 0.2) is 45.3 Å². The maximum atomic E-state index is 12.6. The molecule has 0 aliphatic rings. The predicted octanol–water partition coefficient (Wildman–Crippen LogP) is 3.67. The Labute approximate surface area is 149 Å². The summed E-state index contributed by atoms with van der Waals surface area (Å²) in [4.78, 5) is 12.6. The van der Waals surface area contributed by atoms with Crippen LogP contribution < -0.4 is 5.32 Å². The molecule has 1 unspecified atom stereocenters. The van der Waals surface area contributed by atoms with Gasteiger partial charge in [0.2, 0.25) is 0 Å². The summed E-state index contributed by atoms with van der Waals surface area (Å²) in [6, 6.07) is 10.5. The van der Waals surface area contributed by atoms with Crippen molar-refractivity contribution in [3.05, 3.63) is 64.3 Å². The van der Waals surface area contributed by atoms with Crippen molar-refractivity contribution in [3.8, 4) is 11.3 Å². The van der Waals surface area contributed by atoms with Crippen molar-refractivity contribution in [1.82, 2.24) is 10.5 Å². The number of carbonyl (C=O) groups is 1. The van der Waals surface area contributed by atoms with Crippen LogP contribution in [0.25, 0.3) is 11.3 Å². The zero-order valence-corrected chi connectivity index (χ0v) is 14.5. The first-order valence-electron chi connectivity index (χ1n) is 7.71. The molecule has 0 saturated carbocycles. The van der Waals surface area contributed by atoms with Crippen LogP contribution in [0.5, 0.6) is 0 Å². The standard InChI is InChI=1S/C18H17ClN2O4/c1-10-7-8-15(24-10)14(22)9-20-18(23)16-11(2)25-21-17(16)12-5-3-4-6-13(12)19/h3-8,14,22H,9H2,1-2H3,(H,20,23). The van der Waals surface area contributed by atoms with Gasteiger partial charge in [-0.2, -0.15) is 0 Å².